The Labute approximate surface area is 109 Å². The number of rotatable bonds is 3. The highest BCUT2D eigenvalue weighted by molar-refractivity contribution is 7.89. The number of nitrogens with two attached hydrogens (primary N) is 1. The molecule has 0 aliphatic heterocycles. The molecule has 8 heteroatoms. The third-order valence-corrected chi connectivity index (χ3v) is 3.36. The van der Waals surface area contributed by atoms with Gasteiger partial charge in [0.2, 0.25) is 0 Å². The fourth-order valence-corrected chi connectivity index (χ4v) is 2.46. The number of para-hydroxylation sites is 2. The summed E-state index contributed by atoms with van der Waals surface area (Å²) >= 11 is 0. The molecule has 1 heterocycles. The van der Waals surface area contributed by atoms with Crippen LogP contribution in [0, 0.1) is 11.3 Å². The van der Waals surface area contributed by atoms with E-state index in [2.05, 4.69) is 5.10 Å². The molecule has 2 rings (SSSR count). The van der Waals surface area contributed by atoms with E-state index in [4.69, 9.17) is 15.1 Å². The first-order valence-corrected chi connectivity index (χ1v) is 6.68. The highest BCUT2D eigenvalue weighted by Crippen LogP contribution is 2.25. The van der Waals surface area contributed by atoms with Gasteiger partial charge in [0, 0.05) is 0 Å². The van der Waals surface area contributed by atoms with Crippen LogP contribution in [0.4, 0.5) is 0 Å². The van der Waals surface area contributed by atoms with Gasteiger partial charge >= 0.3 is 0 Å². The van der Waals surface area contributed by atoms with E-state index in [9.17, 15) is 8.42 Å². The Kier molecular flexibility index (Phi) is 3.25. The molecule has 7 nitrogen and oxygen atoms in total. The number of ether oxygens (including phenoxy) is 1. The number of methoxy groups -OCH3 is 1. The molecule has 0 spiro atoms. The number of primary sulfonamides is 1. The van der Waals surface area contributed by atoms with Crippen molar-refractivity contribution in [1.82, 2.24) is 9.78 Å². The van der Waals surface area contributed by atoms with Crippen molar-refractivity contribution in [3.8, 4) is 17.5 Å². The minimum Gasteiger partial charge on any atom is -0.494 e. The number of nitrogens with zero attached hydrogens (tertiary/aromatic N) is 3. The van der Waals surface area contributed by atoms with Crippen molar-refractivity contribution in [1.29, 1.82) is 5.26 Å². The Morgan fingerprint density at radius 1 is 1.42 bits per heavy atom. The van der Waals surface area contributed by atoms with E-state index in [0.29, 0.717) is 11.4 Å². The third kappa shape index (κ3) is 2.29. The smallest absolute Gasteiger partial charge is 0.257 e. The molecule has 19 heavy (non-hydrogen) atoms. The number of hydrogen-bond acceptors (Lipinski definition) is 5. The van der Waals surface area contributed by atoms with E-state index in [1.165, 1.54) is 7.11 Å². The van der Waals surface area contributed by atoms with Crippen LogP contribution in [0.2, 0.25) is 0 Å². The quantitative estimate of drug-likeness (QED) is 0.873. The average Bonchev–Trinajstić information content (AvgIpc) is 2.82. The SMILES string of the molecule is COc1ccccc1-n1ncc(C#N)c1S(N)(=O)=O. The predicted octanol–water partition coefficient (Wildman–Crippen LogP) is 0.400. The maximum atomic E-state index is 11.6. The van der Waals surface area contributed by atoms with Crippen LogP contribution in [0.5, 0.6) is 5.75 Å². The molecular weight excluding hydrogens is 268 g/mol. The molecule has 0 saturated heterocycles. The molecule has 1 aromatic carbocycles. The van der Waals surface area contributed by atoms with Crippen LogP contribution in [0.25, 0.3) is 5.69 Å². The van der Waals surface area contributed by atoms with E-state index >= 15 is 0 Å². The maximum Gasteiger partial charge on any atom is 0.257 e. The Balaban J connectivity index is 2.78. The minimum absolute atomic E-state index is 0.117. The predicted molar refractivity (Wildman–Crippen MR) is 66.2 cm³/mol. The van der Waals surface area contributed by atoms with Crippen molar-refractivity contribution in [2.24, 2.45) is 5.14 Å². The molecule has 0 radical (unpaired) electrons. The van der Waals surface area contributed by atoms with Crippen molar-refractivity contribution in [2.75, 3.05) is 7.11 Å². The molecule has 2 aromatic rings. The van der Waals surface area contributed by atoms with Gasteiger partial charge in [0.1, 0.15) is 23.1 Å². The summed E-state index contributed by atoms with van der Waals surface area (Å²) in [5.74, 6) is 0.417. The lowest BCUT2D eigenvalue weighted by Gasteiger charge is -2.10. The number of benzene rings is 1. The Bertz CT molecular complexity index is 758. The first kappa shape index (κ1) is 13.1. The third-order valence-electron chi connectivity index (χ3n) is 2.43. The molecule has 1 aromatic heterocycles. The second kappa shape index (κ2) is 4.72. The summed E-state index contributed by atoms with van der Waals surface area (Å²) in [4.78, 5) is 0. The van der Waals surface area contributed by atoms with Gasteiger partial charge in [-0.15, -0.1) is 0 Å². The zero-order chi connectivity index (χ0) is 14.0. The molecular formula is C11H10N4O3S. The average molecular weight is 278 g/mol. The van der Waals surface area contributed by atoms with Crippen LogP contribution in [0.15, 0.2) is 35.5 Å². The van der Waals surface area contributed by atoms with Gasteiger partial charge in [-0.05, 0) is 12.1 Å². The minimum atomic E-state index is -4.08. The molecule has 0 unspecified atom stereocenters. The molecule has 0 saturated carbocycles. The van der Waals surface area contributed by atoms with E-state index in [1.807, 2.05) is 0 Å². The molecule has 0 atom stereocenters. The van der Waals surface area contributed by atoms with Crippen LogP contribution in [-0.2, 0) is 10.0 Å². The van der Waals surface area contributed by atoms with E-state index < -0.39 is 10.0 Å². The van der Waals surface area contributed by atoms with Gasteiger partial charge in [-0.2, -0.15) is 10.4 Å². The summed E-state index contributed by atoms with van der Waals surface area (Å²) in [7, 11) is -2.64. The lowest BCUT2D eigenvalue weighted by Crippen LogP contribution is -2.18. The topological polar surface area (TPSA) is 111 Å². The van der Waals surface area contributed by atoms with Crippen molar-refractivity contribution in [3.63, 3.8) is 0 Å². The molecule has 0 fully saturated rings. The van der Waals surface area contributed by atoms with Gasteiger partial charge in [0.05, 0.1) is 13.3 Å². The van der Waals surface area contributed by atoms with Gasteiger partial charge in [-0.3, -0.25) is 0 Å². The van der Waals surface area contributed by atoms with E-state index in [0.717, 1.165) is 10.9 Å². The number of hydrogen-bond donors (Lipinski definition) is 1. The Morgan fingerprint density at radius 3 is 2.68 bits per heavy atom. The highest BCUT2D eigenvalue weighted by atomic mass is 32.2. The molecule has 0 aliphatic carbocycles. The fourth-order valence-electron chi connectivity index (χ4n) is 1.66. The summed E-state index contributed by atoms with van der Waals surface area (Å²) in [6, 6.07) is 8.43. The normalized spacial score (nSPS) is 11.0. The first-order valence-electron chi connectivity index (χ1n) is 5.13. The Morgan fingerprint density at radius 2 is 2.11 bits per heavy atom. The van der Waals surface area contributed by atoms with Crippen LogP contribution < -0.4 is 9.88 Å². The molecule has 98 valence electrons. The molecule has 0 aliphatic rings. The molecule has 2 N–H and O–H groups in total. The van der Waals surface area contributed by atoms with Crippen molar-refractivity contribution in [3.05, 3.63) is 36.0 Å². The van der Waals surface area contributed by atoms with Crippen LogP contribution in [0.3, 0.4) is 0 Å². The van der Waals surface area contributed by atoms with E-state index in [-0.39, 0.29) is 10.6 Å². The Hall–Kier alpha value is -2.37. The van der Waals surface area contributed by atoms with Crippen LogP contribution >= 0.6 is 0 Å². The van der Waals surface area contributed by atoms with Crippen molar-refractivity contribution >= 4 is 10.0 Å². The van der Waals surface area contributed by atoms with Gasteiger partial charge in [-0.25, -0.2) is 18.2 Å². The number of aromatic nitrogens is 2. The summed E-state index contributed by atoms with van der Waals surface area (Å²) in [5, 5.41) is 17.6. The summed E-state index contributed by atoms with van der Waals surface area (Å²) in [5.41, 5.74) is 0.268. The lowest BCUT2D eigenvalue weighted by molar-refractivity contribution is 0.410. The van der Waals surface area contributed by atoms with Crippen molar-refractivity contribution < 1.29 is 13.2 Å². The van der Waals surface area contributed by atoms with E-state index in [1.54, 1.807) is 30.3 Å². The summed E-state index contributed by atoms with van der Waals surface area (Å²) in [6.45, 7) is 0. The standard InChI is InChI=1S/C11H10N4O3S/c1-18-10-5-3-2-4-9(10)15-11(19(13,16)17)8(6-12)7-14-15/h2-5,7H,1H3,(H2,13,16,17). The second-order valence-electron chi connectivity index (χ2n) is 3.60. The lowest BCUT2D eigenvalue weighted by atomic mass is 10.3. The number of nitriles is 1. The fraction of sp³-hybridized carbons (Fsp3) is 0.0909. The zero-order valence-corrected chi connectivity index (χ0v) is 10.8. The largest absolute Gasteiger partial charge is 0.494 e. The zero-order valence-electron chi connectivity index (χ0n) is 9.94. The first-order chi connectivity index (χ1) is 8.99. The molecule has 0 amide bonds. The van der Waals surface area contributed by atoms with Gasteiger partial charge in [0.15, 0.2) is 5.03 Å². The maximum absolute atomic E-state index is 11.6. The molecule has 0 bridgehead atoms. The van der Waals surface area contributed by atoms with Gasteiger partial charge in [0.25, 0.3) is 10.0 Å². The highest BCUT2D eigenvalue weighted by Gasteiger charge is 2.23. The summed E-state index contributed by atoms with van der Waals surface area (Å²) in [6.07, 6.45) is 1.15. The monoisotopic (exact) mass is 278 g/mol. The van der Waals surface area contributed by atoms with Gasteiger partial charge < -0.3 is 4.74 Å². The summed E-state index contributed by atoms with van der Waals surface area (Å²) < 4.78 is 29.4. The van der Waals surface area contributed by atoms with Gasteiger partial charge in [-0.1, -0.05) is 12.1 Å². The van der Waals surface area contributed by atoms with Crippen molar-refractivity contribution in [2.45, 2.75) is 5.03 Å². The second-order valence-corrected chi connectivity index (χ2v) is 5.08. The van der Waals surface area contributed by atoms with Crippen LogP contribution in [-0.4, -0.2) is 25.3 Å². The number of sulfonamides is 1. The van der Waals surface area contributed by atoms with Crippen LogP contribution in [0.1, 0.15) is 5.56 Å².